The molecule has 0 fully saturated rings. The molecule has 4 aromatic rings. The average molecular weight is 492 g/mol. The first-order valence-electron chi connectivity index (χ1n) is 11.7. The lowest BCUT2D eigenvalue weighted by molar-refractivity contribution is 0.00844. The summed E-state index contributed by atoms with van der Waals surface area (Å²) < 4.78 is 11.2. The molecule has 1 aromatic heterocycles. The van der Waals surface area contributed by atoms with Gasteiger partial charge in [0.05, 0.1) is 19.3 Å². The molecule has 4 rings (SSSR count). The monoisotopic (exact) mass is 491 g/mol. The van der Waals surface area contributed by atoms with E-state index in [-0.39, 0.29) is 6.61 Å². The molecule has 1 atom stereocenters. The van der Waals surface area contributed by atoms with Crippen LogP contribution in [0.15, 0.2) is 83.4 Å². The van der Waals surface area contributed by atoms with Crippen molar-refractivity contribution in [2.45, 2.75) is 32.6 Å². The average Bonchev–Trinajstić information content (AvgIpc) is 3.35. The molecule has 0 aliphatic rings. The molecule has 1 heterocycles. The standard InChI is InChI=1S/C28H30ClN3O3/c1-21-12-13-24(16-26(21)29)28-30-27(35-31-28)14-15-32(17-22-8-4-2-5-9-22)18-25(33)20-34-19-23-10-6-3-7-11-23/h2-13,16,25,33H,14-15,17-20H2,1H3. The molecule has 0 spiro atoms. The first-order chi connectivity index (χ1) is 17.1. The number of aromatic nitrogens is 2. The van der Waals surface area contributed by atoms with E-state index in [0.717, 1.165) is 16.7 Å². The first-order valence-corrected chi connectivity index (χ1v) is 12.1. The molecule has 0 radical (unpaired) electrons. The molecule has 7 heteroatoms. The fraction of sp³-hybridized carbons (Fsp3) is 0.286. The molecule has 3 aromatic carbocycles. The van der Waals surface area contributed by atoms with Crippen molar-refractivity contribution in [3.63, 3.8) is 0 Å². The van der Waals surface area contributed by atoms with Crippen LogP contribution >= 0.6 is 11.6 Å². The molecular weight excluding hydrogens is 462 g/mol. The first kappa shape index (κ1) is 25.1. The van der Waals surface area contributed by atoms with E-state index < -0.39 is 6.10 Å². The van der Waals surface area contributed by atoms with E-state index in [2.05, 4.69) is 27.2 Å². The van der Waals surface area contributed by atoms with Gasteiger partial charge in [-0.25, -0.2) is 0 Å². The third-order valence-electron chi connectivity index (χ3n) is 5.68. The number of ether oxygens (including phenoxy) is 1. The Morgan fingerprint density at radius 3 is 2.43 bits per heavy atom. The zero-order valence-corrected chi connectivity index (χ0v) is 20.6. The van der Waals surface area contributed by atoms with Crippen LogP contribution in [0.1, 0.15) is 22.6 Å². The van der Waals surface area contributed by atoms with Gasteiger partial charge in [0, 0.05) is 36.6 Å². The van der Waals surface area contributed by atoms with Gasteiger partial charge in [0.25, 0.3) is 0 Å². The zero-order chi connectivity index (χ0) is 24.5. The van der Waals surface area contributed by atoms with E-state index in [1.54, 1.807) is 0 Å². The lowest BCUT2D eigenvalue weighted by Gasteiger charge is -2.24. The molecule has 182 valence electrons. The van der Waals surface area contributed by atoms with Gasteiger partial charge in [-0.3, -0.25) is 4.90 Å². The van der Waals surface area contributed by atoms with Crippen LogP contribution in [0.25, 0.3) is 11.4 Å². The highest BCUT2D eigenvalue weighted by molar-refractivity contribution is 6.31. The van der Waals surface area contributed by atoms with E-state index in [1.807, 2.05) is 73.7 Å². The van der Waals surface area contributed by atoms with Crippen LogP contribution in [0.5, 0.6) is 0 Å². The van der Waals surface area contributed by atoms with Gasteiger partial charge in [-0.2, -0.15) is 4.98 Å². The summed E-state index contributed by atoms with van der Waals surface area (Å²) in [5, 5.41) is 15.4. The molecule has 35 heavy (non-hydrogen) atoms. The van der Waals surface area contributed by atoms with Gasteiger partial charge in [0.1, 0.15) is 0 Å². The lowest BCUT2D eigenvalue weighted by Crippen LogP contribution is -2.36. The fourth-order valence-electron chi connectivity index (χ4n) is 3.77. The molecule has 0 saturated carbocycles. The van der Waals surface area contributed by atoms with E-state index in [0.29, 0.717) is 49.4 Å². The van der Waals surface area contributed by atoms with Crippen molar-refractivity contribution in [2.75, 3.05) is 19.7 Å². The Balaban J connectivity index is 1.34. The van der Waals surface area contributed by atoms with E-state index in [1.165, 1.54) is 5.56 Å². The second kappa shape index (κ2) is 12.6. The summed E-state index contributed by atoms with van der Waals surface area (Å²) in [6.45, 7) is 4.52. The molecule has 0 aliphatic heterocycles. The Bertz CT molecular complexity index is 1180. The number of hydrogen-bond donors (Lipinski definition) is 1. The van der Waals surface area contributed by atoms with E-state index in [9.17, 15) is 5.11 Å². The number of aryl methyl sites for hydroxylation is 1. The number of nitrogens with zero attached hydrogens (tertiary/aromatic N) is 3. The van der Waals surface area contributed by atoms with Crippen LogP contribution in [0, 0.1) is 6.92 Å². The topological polar surface area (TPSA) is 71.6 Å². The number of benzene rings is 3. The van der Waals surface area contributed by atoms with Crippen LogP contribution in [-0.2, 0) is 24.3 Å². The summed E-state index contributed by atoms with van der Waals surface area (Å²) in [6.07, 6.45) is -0.0489. The van der Waals surface area contributed by atoms with Gasteiger partial charge in [0.2, 0.25) is 11.7 Å². The van der Waals surface area contributed by atoms with Gasteiger partial charge < -0.3 is 14.4 Å². The predicted molar refractivity (Wildman–Crippen MR) is 137 cm³/mol. The van der Waals surface area contributed by atoms with Crippen molar-refractivity contribution in [3.05, 3.63) is 106 Å². The van der Waals surface area contributed by atoms with Crippen molar-refractivity contribution in [1.29, 1.82) is 0 Å². The highest BCUT2D eigenvalue weighted by atomic mass is 35.5. The van der Waals surface area contributed by atoms with Gasteiger partial charge in [-0.05, 0) is 29.7 Å². The predicted octanol–water partition coefficient (Wildman–Crippen LogP) is 5.32. The number of aliphatic hydroxyl groups is 1. The quantitative estimate of drug-likeness (QED) is 0.289. The lowest BCUT2D eigenvalue weighted by atomic mass is 10.1. The van der Waals surface area contributed by atoms with Gasteiger partial charge in [0.15, 0.2) is 0 Å². The summed E-state index contributed by atoms with van der Waals surface area (Å²) in [7, 11) is 0. The number of halogens is 1. The van der Waals surface area contributed by atoms with Crippen molar-refractivity contribution >= 4 is 11.6 Å². The van der Waals surface area contributed by atoms with Crippen molar-refractivity contribution < 1.29 is 14.4 Å². The van der Waals surface area contributed by atoms with Crippen LogP contribution in [0.4, 0.5) is 0 Å². The summed E-state index contributed by atoms with van der Waals surface area (Å²) in [5.74, 6) is 1.07. The highest BCUT2D eigenvalue weighted by Gasteiger charge is 2.16. The Labute approximate surface area is 211 Å². The fourth-order valence-corrected chi connectivity index (χ4v) is 3.95. The molecule has 1 N–H and O–H groups in total. The summed E-state index contributed by atoms with van der Waals surface area (Å²) in [6, 6.07) is 25.9. The third kappa shape index (κ3) is 7.73. The maximum absolute atomic E-state index is 10.6. The van der Waals surface area contributed by atoms with Crippen molar-refractivity contribution in [2.24, 2.45) is 0 Å². The highest BCUT2D eigenvalue weighted by Crippen LogP contribution is 2.23. The van der Waals surface area contributed by atoms with Crippen molar-refractivity contribution in [1.82, 2.24) is 15.0 Å². The Hall–Kier alpha value is -3.03. The minimum Gasteiger partial charge on any atom is -0.389 e. The molecule has 1 unspecified atom stereocenters. The Morgan fingerprint density at radius 1 is 1.00 bits per heavy atom. The van der Waals surface area contributed by atoms with E-state index in [4.69, 9.17) is 20.9 Å². The molecule has 0 saturated heterocycles. The van der Waals surface area contributed by atoms with Gasteiger partial charge in [-0.1, -0.05) is 89.6 Å². The summed E-state index contributed by atoms with van der Waals surface area (Å²) >= 11 is 6.24. The Morgan fingerprint density at radius 2 is 1.71 bits per heavy atom. The maximum Gasteiger partial charge on any atom is 0.228 e. The maximum atomic E-state index is 10.6. The number of hydrogen-bond acceptors (Lipinski definition) is 6. The number of aliphatic hydroxyl groups excluding tert-OH is 1. The number of rotatable bonds is 12. The largest absolute Gasteiger partial charge is 0.389 e. The minimum atomic E-state index is -0.615. The van der Waals surface area contributed by atoms with Crippen LogP contribution in [-0.4, -0.2) is 45.9 Å². The van der Waals surface area contributed by atoms with Gasteiger partial charge in [-0.15, -0.1) is 0 Å². The molecule has 0 amide bonds. The molecule has 0 bridgehead atoms. The molecule has 0 aliphatic carbocycles. The van der Waals surface area contributed by atoms with Crippen molar-refractivity contribution in [3.8, 4) is 11.4 Å². The second-order valence-electron chi connectivity index (χ2n) is 8.60. The summed E-state index contributed by atoms with van der Waals surface area (Å²) in [5.41, 5.74) is 4.08. The summed E-state index contributed by atoms with van der Waals surface area (Å²) in [4.78, 5) is 6.72. The minimum absolute atomic E-state index is 0.263. The van der Waals surface area contributed by atoms with Crippen LogP contribution in [0.2, 0.25) is 5.02 Å². The second-order valence-corrected chi connectivity index (χ2v) is 9.01. The molecule has 6 nitrogen and oxygen atoms in total. The van der Waals surface area contributed by atoms with Gasteiger partial charge >= 0.3 is 0 Å². The third-order valence-corrected chi connectivity index (χ3v) is 6.09. The smallest absolute Gasteiger partial charge is 0.228 e. The van der Waals surface area contributed by atoms with E-state index >= 15 is 0 Å². The Kier molecular flexibility index (Phi) is 9.03. The normalized spacial score (nSPS) is 12.2. The SMILES string of the molecule is Cc1ccc(-c2noc(CCN(Cc3ccccc3)CC(O)COCc3ccccc3)n2)cc1Cl. The van der Waals surface area contributed by atoms with Crippen LogP contribution < -0.4 is 0 Å². The molecular formula is C28H30ClN3O3. The zero-order valence-electron chi connectivity index (χ0n) is 19.8. The van der Waals surface area contributed by atoms with Crippen LogP contribution in [0.3, 0.4) is 0 Å².